The Morgan fingerprint density at radius 1 is 1.28 bits per heavy atom. The van der Waals surface area contributed by atoms with Gasteiger partial charge in [-0.25, -0.2) is 8.42 Å². The highest BCUT2D eigenvalue weighted by molar-refractivity contribution is 7.92. The number of carbonyl (C=O) groups excluding carboxylic acids is 1. The topological polar surface area (TPSA) is 66.5 Å². The lowest BCUT2D eigenvalue weighted by Gasteiger charge is -2.25. The Balaban J connectivity index is 3.23. The molecule has 25 heavy (non-hydrogen) atoms. The first kappa shape index (κ1) is 21.6. The molecule has 0 unspecified atom stereocenters. The van der Waals surface area contributed by atoms with Gasteiger partial charge in [-0.05, 0) is 31.0 Å². The second-order valence-electron chi connectivity index (χ2n) is 6.03. The zero-order valence-electron chi connectivity index (χ0n) is 14.2. The third-order valence-electron chi connectivity index (χ3n) is 3.62. The van der Waals surface area contributed by atoms with Crippen LogP contribution in [0.1, 0.15) is 26.3 Å². The molecule has 142 valence electrons. The van der Waals surface area contributed by atoms with E-state index in [-0.39, 0.29) is 17.0 Å². The van der Waals surface area contributed by atoms with Gasteiger partial charge < -0.3 is 5.32 Å². The van der Waals surface area contributed by atoms with Crippen molar-refractivity contribution in [3.8, 4) is 0 Å². The van der Waals surface area contributed by atoms with Gasteiger partial charge in [-0.3, -0.25) is 9.10 Å². The minimum atomic E-state index is -4.67. The lowest BCUT2D eigenvalue weighted by molar-refractivity contribution is -0.137. The van der Waals surface area contributed by atoms with Crippen molar-refractivity contribution in [2.75, 3.05) is 17.1 Å². The van der Waals surface area contributed by atoms with E-state index in [1.807, 2.05) is 13.8 Å². The maximum absolute atomic E-state index is 12.9. The first-order chi connectivity index (χ1) is 11.2. The third kappa shape index (κ3) is 6.07. The minimum absolute atomic E-state index is 0.104. The van der Waals surface area contributed by atoms with Crippen LogP contribution in [0.25, 0.3) is 0 Å². The normalized spacial score (nSPS) is 13.6. The molecule has 1 aromatic rings. The maximum atomic E-state index is 12.9. The number of anilines is 1. The molecular formula is C15H20ClF3N2O3S. The predicted octanol–water partition coefficient (Wildman–Crippen LogP) is 3.29. The summed E-state index contributed by atoms with van der Waals surface area (Å²) >= 11 is 5.88. The number of hydrogen-bond acceptors (Lipinski definition) is 3. The largest absolute Gasteiger partial charge is 0.416 e. The van der Waals surface area contributed by atoms with Crippen molar-refractivity contribution in [3.05, 3.63) is 28.8 Å². The molecule has 10 heteroatoms. The second kappa shape index (κ2) is 7.82. The first-order valence-electron chi connectivity index (χ1n) is 7.37. The summed E-state index contributed by atoms with van der Waals surface area (Å²) in [5, 5.41) is 2.40. The highest BCUT2D eigenvalue weighted by atomic mass is 35.5. The van der Waals surface area contributed by atoms with Crippen LogP contribution in [-0.4, -0.2) is 33.2 Å². The molecule has 1 rings (SSSR count). The quantitative estimate of drug-likeness (QED) is 0.796. The van der Waals surface area contributed by atoms with Gasteiger partial charge in [-0.15, -0.1) is 0 Å². The minimum Gasteiger partial charge on any atom is -0.352 e. The molecule has 0 aliphatic heterocycles. The lowest BCUT2D eigenvalue weighted by Crippen LogP contribution is -2.44. The summed E-state index contributed by atoms with van der Waals surface area (Å²) in [6.45, 7) is 4.80. The van der Waals surface area contributed by atoms with Gasteiger partial charge >= 0.3 is 6.18 Å². The van der Waals surface area contributed by atoms with E-state index in [9.17, 15) is 26.4 Å². The SMILES string of the molecule is CC(C)[C@H](C)NC(=O)CN(c1cc(C(F)(F)F)ccc1Cl)S(C)(=O)=O. The van der Waals surface area contributed by atoms with Gasteiger partial charge in [-0.1, -0.05) is 25.4 Å². The summed E-state index contributed by atoms with van der Waals surface area (Å²) < 4.78 is 63.3. The standard InChI is InChI=1S/C15H20ClF3N2O3S/c1-9(2)10(3)20-14(22)8-21(25(4,23)24)13-7-11(15(17,18)19)5-6-12(13)16/h5-7,9-10H,8H2,1-4H3,(H,20,22)/t10-/m0/s1. The van der Waals surface area contributed by atoms with E-state index in [1.165, 1.54) is 0 Å². The fourth-order valence-corrected chi connectivity index (χ4v) is 2.99. The summed E-state index contributed by atoms with van der Waals surface area (Å²) in [7, 11) is -4.03. The van der Waals surface area contributed by atoms with E-state index in [1.54, 1.807) is 6.92 Å². The van der Waals surface area contributed by atoms with Crippen molar-refractivity contribution < 1.29 is 26.4 Å². The monoisotopic (exact) mass is 400 g/mol. The van der Waals surface area contributed by atoms with Crippen molar-refractivity contribution >= 4 is 33.2 Å². The van der Waals surface area contributed by atoms with Crippen molar-refractivity contribution in [1.82, 2.24) is 5.32 Å². The molecule has 1 atom stereocenters. The molecule has 0 aromatic heterocycles. The van der Waals surface area contributed by atoms with Crippen molar-refractivity contribution in [2.45, 2.75) is 33.0 Å². The molecule has 0 spiro atoms. The van der Waals surface area contributed by atoms with Crippen molar-refractivity contribution in [1.29, 1.82) is 0 Å². The fraction of sp³-hybridized carbons (Fsp3) is 0.533. The van der Waals surface area contributed by atoms with E-state index in [4.69, 9.17) is 11.6 Å². The molecule has 0 aliphatic carbocycles. The number of sulfonamides is 1. The Bertz CT molecular complexity index is 736. The summed E-state index contributed by atoms with van der Waals surface area (Å²) in [6.07, 6.45) is -3.88. The average Bonchev–Trinajstić information content (AvgIpc) is 2.43. The van der Waals surface area contributed by atoms with Crippen LogP contribution in [0.15, 0.2) is 18.2 Å². The number of hydrogen-bond donors (Lipinski definition) is 1. The van der Waals surface area contributed by atoms with Gasteiger partial charge in [0.25, 0.3) is 0 Å². The summed E-state index contributed by atoms with van der Waals surface area (Å²) in [5.74, 6) is -0.534. The van der Waals surface area contributed by atoms with Crippen molar-refractivity contribution in [3.63, 3.8) is 0 Å². The zero-order chi connectivity index (χ0) is 19.6. The molecule has 5 nitrogen and oxygen atoms in total. The Morgan fingerprint density at radius 3 is 2.28 bits per heavy atom. The second-order valence-corrected chi connectivity index (χ2v) is 8.35. The predicted molar refractivity (Wildman–Crippen MR) is 91.1 cm³/mol. The number of carbonyl (C=O) groups is 1. The van der Waals surface area contributed by atoms with Crippen LogP contribution in [0.3, 0.4) is 0 Å². The Kier molecular flexibility index (Phi) is 6.74. The van der Waals surface area contributed by atoms with E-state index < -0.39 is 39.9 Å². The van der Waals surface area contributed by atoms with Crippen LogP contribution in [0.2, 0.25) is 5.02 Å². The van der Waals surface area contributed by atoms with E-state index in [0.29, 0.717) is 10.4 Å². The number of benzene rings is 1. The smallest absolute Gasteiger partial charge is 0.352 e. The number of nitrogens with one attached hydrogen (secondary N) is 1. The number of rotatable bonds is 6. The van der Waals surface area contributed by atoms with Crippen LogP contribution in [0.5, 0.6) is 0 Å². The molecule has 1 aromatic carbocycles. The number of halogens is 4. The van der Waals surface area contributed by atoms with Crippen LogP contribution in [0, 0.1) is 5.92 Å². The van der Waals surface area contributed by atoms with Crippen LogP contribution in [-0.2, 0) is 21.0 Å². The highest BCUT2D eigenvalue weighted by Crippen LogP contribution is 2.36. The Labute approximate surface area is 150 Å². The van der Waals surface area contributed by atoms with Crippen LogP contribution < -0.4 is 9.62 Å². The number of alkyl halides is 3. The molecule has 0 saturated carbocycles. The number of amides is 1. The third-order valence-corrected chi connectivity index (χ3v) is 5.06. The Morgan fingerprint density at radius 2 is 1.84 bits per heavy atom. The van der Waals surface area contributed by atoms with Crippen LogP contribution >= 0.6 is 11.6 Å². The number of nitrogens with zero attached hydrogens (tertiary/aromatic N) is 1. The van der Waals surface area contributed by atoms with Gasteiger partial charge in [0.05, 0.1) is 22.5 Å². The van der Waals surface area contributed by atoms with Gasteiger partial charge in [0.2, 0.25) is 15.9 Å². The summed E-state index contributed by atoms with van der Waals surface area (Å²) in [5.41, 5.74) is -1.46. The molecular weight excluding hydrogens is 381 g/mol. The highest BCUT2D eigenvalue weighted by Gasteiger charge is 2.33. The summed E-state index contributed by atoms with van der Waals surface area (Å²) in [4.78, 5) is 12.1. The van der Waals surface area contributed by atoms with E-state index in [0.717, 1.165) is 18.4 Å². The van der Waals surface area contributed by atoms with Crippen molar-refractivity contribution in [2.24, 2.45) is 5.92 Å². The first-order valence-corrected chi connectivity index (χ1v) is 9.60. The molecule has 0 saturated heterocycles. The molecule has 0 radical (unpaired) electrons. The van der Waals surface area contributed by atoms with Gasteiger partial charge in [0.15, 0.2) is 0 Å². The maximum Gasteiger partial charge on any atom is 0.416 e. The average molecular weight is 401 g/mol. The van der Waals surface area contributed by atoms with Gasteiger partial charge in [-0.2, -0.15) is 13.2 Å². The molecule has 0 aliphatic rings. The van der Waals surface area contributed by atoms with Gasteiger partial charge in [0, 0.05) is 6.04 Å². The molecule has 1 N–H and O–H groups in total. The molecule has 0 bridgehead atoms. The molecule has 0 heterocycles. The summed E-state index contributed by atoms with van der Waals surface area (Å²) in [6, 6.07) is 2.08. The Hall–Kier alpha value is -1.48. The van der Waals surface area contributed by atoms with Gasteiger partial charge in [0.1, 0.15) is 6.54 Å². The molecule has 1 amide bonds. The van der Waals surface area contributed by atoms with E-state index in [2.05, 4.69) is 5.32 Å². The lowest BCUT2D eigenvalue weighted by atomic mass is 10.1. The van der Waals surface area contributed by atoms with Crippen LogP contribution in [0.4, 0.5) is 18.9 Å². The zero-order valence-corrected chi connectivity index (χ0v) is 15.8. The van der Waals surface area contributed by atoms with E-state index >= 15 is 0 Å². The fourth-order valence-electron chi connectivity index (χ4n) is 1.86. The molecule has 0 fully saturated rings.